The van der Waals surface area contributed by atoms with Crippen molar-refractivity contribution in [1.29, 1.82) is 0 Å². The number of methoxy groups -OCH3 is 1. The van der Waals surface area contributed by atoms with Crippen molar-refractivity contribution >= 4 is 5.91 Å². The molecule has 0 aromatic carbocycles. The molecule has 0 aromatic heterocycles. The van der Waals surface area contributed by atoms with Gasteiger partial charge in [0.05, 0.1) is 13.7 Å². The van der Waals surface area contributed by atoms with Crippen LogP contribution in [-0.2, 0) is 9.53 Å². The van der Waals surface area contributed by atoms with Gasteiger partial charge in [0.15, 0.2) is 5.76 Å². The van der Waals surface area contributed by atoms with Gasteiger partial charge < -0.3 is 15.2 Å². The van der Waals surface area contributed by atoms with E-state index >= 15 is 0 Å². The van der Waals surface area contributed by atoms with Crippen LogP contribution in [0.2, 0.25) is 0 Å². The minimum Gasteiger partial charge on any atom is -0.491 e. The summed E-state index contributed by atoms with van der Waals surface area (Å²) >= 11 is 0. The second-order valence-electron chi connectivity index (χ2n) is 3.27. The molecule has 0 fully saturated rings. The van der Waals surface area contributed by atoms with Gasteiger partial charge in [-0.3, -0.25) is 4.79 Å². The van der Waals surface area contributed by atoms with Crippen LogP contribution in [0.3, 0.4) is 0 Å². The van der Waals surface area contributed by atoms with Gasteiger partial charge in [0.25, 0.3) is 5.91 Å². The fraction of sp³-hybridized carbons (Fsp3) is 0.500. The number of amides is 1. The van der Waals surface area contributed by atoms with Gasteiger partial charge in [0.2, 0.25) is 0 Å². The molecule has 0 spiro atoms. The lowest BCUT2D eigenvalue weighted by Crippen LogP contribution is -2.33. The van der Waals surface area contributed by atoms with E-state index in [0.29, 0.717) is 0 Å². The number of ether oxygens (including phenoxy) is 1. The van der Waals surface area contributed by atoms with Gasteiger partial charge in [0.1, 0.15) is 0 Å². The molecule has 0 saturated carbocycles. The van der Waals surface area contributed by atoms with Crippen molar-refractivity contribution < 1.29 is 14.6 Å². The summed E-state index contributed by atoms with van der Waals surface area (Å²) in [6.45, 7) is 3.67. The number of nitrogens with one attached hydrogen (secondary N) is 1. The largest absolute Gasteiger partial charge is 0.491 e. The molecule has 4 heteroatoms. The van der Waals surface area contributed by atoms with Gasteiger partial charge in [-0.15, -0.1) is 0 Å². The summed E-state index contributed by atoms with van der Waals surface area (Å²) < 4.78 is 4.92. The van der Waals surface area contributed by atoms with Gasteiger partial charge >= 0.3 is 0 Å². The van der Waals surface area contributed by atoms with Crippen LogP contribution in [0.4, 0.5) is 0 Å². The highest BCUT2D eigenvalue weighted by molar-refractivity contribution is 5.93. The van der Waals surface area contributed by atoms with E-state index in [1.54, 1.807) is 6.08 Å². The first-order chi connectivity index (χ1) is 6.60. The first-order valence-electron chi connectivity index (χ1n) is 4.47. The minimum absolute atomic E-state index is 0.0754. The van der Waals surface area contributed by atoms with E-state index in [1.807, 2.05) is 13.8 Å². The Bertz CT molecular complexity index is 304. The topological polar surface area (TPSA) is 58.6 Å². The van der Waals surface area contributed by atoms with Crippen LogP contribution in [0.5, 0.6) is 0 Å². The second-order valence-corrected chi connectivity index (χ2v) is 3.27. The summed E-state index contributed by atoms with van der Waals surface area (Å²) in [6, 6.07) is -0.0754. The van der Waals surface area contributed by atoms with E-state index in [2.05, 4.69) is 5.32 Å². The number of rotatable bonds is 2. The molecule has 1 heterocycles. The van der Waals surface area contributed by atoms with Crippen LogP contribution in [0.1, 0.15) is 13.8 Å². The van der Waals surface area contributed by atoms with E-state index in [4.69, 9.17) is 9.84 Å². The quantitative estimate of drug-likeness (QED) is 0.671. The summed E-state index contributed by atoms with van der Waals surface area (Å²) in [5.74, 6) is -0.0134. The van der Waals surface area contributed by atoms with Gasteiger partial charge in [-0.2, -0.15) is 0 Å². The second kappa shape index (κ2) is 4.28. The van der Waals surface area contributed by atoms with Crippen molar-refractivity contribution in [2.24, 2.45) is 0 Å². The van der Waals surface area contributed by atoms with Crippen molar-refractivity contribution in [2.75, 3.05) is 13.7 Å². The van der Waals surface area contributed by atoms with Crippen LogP contribution in [0.15, 0.2) is 23.0 Å². The van der Waals surface area contributed by atoms with Crippen molar-refractivity contribution in [3.05, 3.63) is 23.0 Å². The molecule has 0 saturated heterocycles. The highest BCUT2D eigenvalue weighted by atomic mass is 16.5. The fourth-order valence-electron chi connectivity index (χ4n) is 1.31. The Balaban J connectivity index is 3.09. The zero-order valence-corrected chi connectivity index (χ0v) is 8.63. The maximum atomic E-state index is 11.5. The maximum absolute atomic E-state index is 11.5. The highest BCUT2D eigenvalue weighted by Crippen LogP contribution is 2.16. The minimum atomic E-state index is -0.247. The predicted molar refractivity (Wildman–Crippen MR) is 52.5 cm³/mol. The molecular formula is C10H15NO3. The van der Waals surface area contributed by atoms with Crippen LogP contribution in [0.25, 0.3) is 0 Å². The lowest BCUT2D eigenvalue weighted by Gasteiger charge is -2.13. The monoisotopic (exact) mass is 197 g/mol. The molecule has 78 valence electrons. The van der Waals surface area contributed by atoms with Crippen molar-refractivity contribution in [3.63, 3.8) is 0 Å². The van der Waals surface area contributed by atoms with Crippen molar-refractivity contribution in [3.8, 4) is 0 Å². The first kappa shape index (κ1) is 10.8. The molecule has 1 amide bonds. The normalized spacial score (nSPS) is 22.7. The lowest BCUT2D eigenvalue weighted by atomic mass is 10.1. The van der Waals surface area contributed by atoms with E-state index in [0.717, 1.165) is 11.1 Å². The first-order valence-corrected chi connectivity index (χ1v) is 4.47. The zero-order valence-electron chi connectivity index (χ0n) is 8.63. The standard InChI is InChI=1S/C10H15NO3/c1-6-7(2)11-10(13)9(14-3)4-8(6)5-12/h4,7,12H,5H2,1-3H3,(H,11,13). The Hall–Kier alpha value is -1.29. The predicted octanol–water partition coefficient (Wildman–Crippen LogP) is 0.344. The third-order valence-electron chi connectivity index (χ3n) is 2.42. The highest BCUT2D eigenvalue weighted by Gasteiger charge is 2.20. The summed E-state index contributed by atoms with van der Waals surface area (Å²) in [5.41, 5.74) is 1.68. The van der Waals surface area contributed by atoms with Gasteiger partial charge in [-0.05, 0) is 31.1 Å². The molecule has 1 rings (SSSR count). The average molecular weight is 197 g/mol. The summed E-state index contributed by atoms with van der Waals surface area (Å²) in [7, 11) is 1.44. The van der Waals surface area contributed by atoms with Gasteiger partial charge in [-0.25, -0.2) is 0 Å². The number of aliphatic hydroxyl groups excluding tert-OH is 1. The fourth-order valence-corrected chi connectivity index (χ4v) is 1.31. The Morgan fingerprint density at radius 3 is 2.79 bits per heavy atom. The summed E-state index contributed by atoms with van der Waals surface area (Å²) in [5, 5.41) is 11.9. The molecule has 1 unspecified atom stereocenters. The molecular weight excluding hydrogens is 182 g/mol. The number of hydrogen-bond acceptors (Lipinski definition) is 3. The average Bonchev–Trinajstić information content (AvgIpc) is 2.27. The van der Waals surface area contributed by atoms with Crippen LogP contribution in [-0.4, -0.2) is 30.8 Å². The third kappa shape index (κ3) is 1.96. The molecule has 2 N–H and O–H groups in total. The molecule has 0 bridgehead atoms. The number of aliphatic hydroxyl groups is 1. The van der Waals surface area contributed by atoms with E-state index in [1.165, 1.54) is 7.11 Å². The number of hydrogen-bond donors (Lipinski definition) is 2. The molecule has 14 heavy (non-hydrogen) atoms. The van der Waals surface area contributed by atoms with E-state index in [9.17, 15) is 4.79 Å². The van der Waals surface area contributed by atoms with Crippen molar-refractivity contribution in [2.45, 2.75) is 19.9 Å². The molecule has 1 aliphatic heterocycles. The molecule has 1 aliphatic rings. The van der Waals surface area contributed by atoms with Gasteiger partial charge in [-0.1, -0.05) is 0 Å². The Kier molecular flexibility index (Phi) is 3.30. The molecule has 0 aliphatic carbocycles. The lowest BCUT2D eigenvalue weighted by molar-refractivity contribution is -0.120. The van der Waals surface area contributed by atoms with E-state index < -0.39 is 0 Å². The Morgan fingerprint density at radius 1 is 1.64 bits per heavy atom. The number of carbonyl (C=O) groups excluding carboxylic acids is 1. The summed E-state index contributed by atoms with van der Waals surface area (Å²) in [4.78, 5) is 11.5. The molecule has 0 radical (unpaired) electrons. The number of carbonyl (C=O) groups is 1. The maximum Gasteiger partial charge on any atom is 0.286 e. The van der Waals surface area contributed by atoms with Crippen molar-refractivity contribution in [1.82, 2.24) is 5.32 Å². The smallest absolute Gasteiger partial charge is 0.286 e. The van der Waals surface area contributed by atoms with Crippen LogP contribution < -0.4 is 5.32 Å². The zero-order chi connectivity index (χ0) is 10.7. The van der Waals surface area contributed by atoms with Crippen LogP contribution >= 0.6 is 0 Å². The Labute approximate surface area is 83.3 Å². The van der Waals surface area contributed by atoms with Gasteiger partial charge in [0, 0.05) is 6.04 Å². The molecule has 1 atom stereocenters. The van der Waals surface area contributed by atoms with Crippen LogP contribution in [0, 0.1) is 0 Å². The van der Waals surface area contributed by atoms with E-state index in [-0.39, 0.29) is 24.3 Å². The molecule has 4 nitrogen and oxygen atoms in total. The SMILES string of the molecule is COC1=CC(CO)=C(C)C(C)NC1=O. The third-order valence-corrected chi connectivity index (χ3v) is 2.42. The Morgan fingerprint density at radius 2 is 2.29 bits per heavy atom. The summed E-state index contributed by atoms with van der Waals surface area (Å²) in [6.07, 6.45) is 1.58. The molecule has 0 aromatic rings.